The minimum Gasteiger partial charge on any atom is -0.543 e. The van der Waals surface area contributed by atoms with Gasteiger partial charge in [0.1, 0.15) is 11.4 Å². The van der Waals surface area contributed by atoms with Gasteiger partial charge in [0.25, 0.3) is 5.91 Å². The summed E-state index contributed by atoms with van der Waals surface area (Å²) in [6.45, 7) is 1.61. The number of carbonyl (C=O) groups is 4. The van der Waals surface area contributed by atoms with E-state index in [0.717, 1.165) is 16.7 Å². The van der Waals surface area contributed by atoms with E-state index >= 15 is 0 Å². The number of thioether (sulfide) groups is 2. The van der Waals surface area contributed by atoms with Gasteiger partial charge in [-0.05, 0) is 25.1 Å². The van der Waals surface area contributed by atoms with Crippen LogP contribution >= 0.6 is 58.3 Å². The van der Waals surface area contributed by atoms with Gasteiger partial charge in [0.2, 0.25) is 5.91 Å². The summed E-state index contributed by atoms with van der Waals surface area (Å²) in [7, 11) is 0. The van der Waals surface area contributed by atoms with E-state index in [9.17, 15) is 24.3 Å². The van der Waals surface area contributed by atoms with Crippen molar-refractivity contribution in [2.45, 2.75) is 29.8 Å². The van der Waals surface area contributed by atoms with Gasteiger partial charge in [-0.25, -0.2) is 4.57 Å². The lowest BCUT2D eigenvalue weighted by atomic mass is 10.0. The average Bonchev–Trinajstić information content (AvgIpc) is 2.83. The molecule has 0 saturated carbocycles. The molecule has 188 valence electrons. The number of aromatic nitrogens is 1. The number of amides is 2. The van der Waals surface area contributed by atoms with E-state index in [-0.39, 0.29) is 23.8 Å². The number of carboxylic acids is 1. The third kappa shape index (κ3) is 5.52. The molecule has 2 aromatic rings. The minimum atomic E-state index is -1.47. The van der Waals surface area contributed by atoms with Gasteiger partial charge >= 0.3 is 0 Å². The number of aliphatic carboxylic acids is 1. The molecule has 0 bridgehead atoms. The third-order valence-corrected chi connectivity index (χ3v) is 9.07. The Labute approximate surface area is 230 Å². The first-order chi connectivity index (χ1) is 17.1. The number of carboxylic acid groups (broad SMARTS) is 1. The van der Waals surface area contributed by atoms with Gasteiger partial charge in [0.15, 0.2) is 24.7 Å². The number of halogens is 3. The summed E-state index contributed by atoms with van der Waals surface area (Å²) in [5.74, 6) is -2.25. The molecule has 1 fully saturated rings. The van der Waals surface area contributed by atoms with Crippen molar-refractivity contribution in [3.63, 3.8) is 0 Å². The van der Waals surface area contributed by atoms with Crippen molar-refractivity contribution in [3.8, 4) is 0 Å². The molecule has 1 aromatic carbocycles. The highest BCUT2D eigenvalue weighted by atomic mass is 35.5. The van der Waals surface area contributed by atoms with Crippen LogP contribution in [0.2, 0.25) is 15.1 Å². The molecule has 1 saturated heterocycles. The van der Waals surface area contributed by atoms with Crippen LogP contribution in [0.4, 0.5) is 0 Å². The SMILES string of the molecule is CC(=O)c1ccc[n+](CC2=C(C(=O)[O-])N3C(=O)[C@@H](NC(=O)CSc4cc(Cl)c(Cl)cc4Cl)[C@H]3SC2)c1. The van der Waals surface area contributed by atoms with Gasteiger partial charge in [-0.1, -0.05) is 34.8 Å². The second-order valence-corrected chi connectivity index (χ2v) is 11.3. The van der Waals surface area contributed by atoms with E-state index in [1.807, 2.05) is 0 Å². The number of hydrogen-bond donors (Lipinski definition) is 1. The Morgan fingerprint density at radius 2 is 1.94 bits per heavy atom. The third-order valence-electron chi connectivity index (χ3n) is 5.53. The second-order valence-electron chi connectivity index (χ2n) is 8.00. The van der Waals surface area contributed by atoms with E-state index in [1.165, 1.54) is 24.8 Å². The molecule has 0 spiro atoms. The first-order valence-electron chi connectivity index (χ1n) is 10.5. The van der Waals surface area contributed by atoms with Crippen LogP contribution in [0.3, 0.4) is 0 Å². The summed E-state index contributed by atoms with van der Waals surface area (Å²) in [5.41, 5.74) is 0.758. The van der Waals surface area contributed by atoms with Crippen LogP contribution in [0.5, 0.6) is 0 Å². The number of nitrogens with zero attached hydrogens (tertiary/aromatic N) is 2. The summed E-state index contributed by atoms with van der Waals surface area (Å²) >= 11 is 20.5. The number of benzene rings is 1. The lowest BCUT2D eigenvalue weighted by molar-refractivity contribution is -0.689. The van der Waals surface area contributed by atoms with Crippen LogP contribution in [0.15, 0.2) is 52.8 Å². The number of hydrogen-bond acceptors (Lipinski definition) is 7. The van der Waals surface area contributed by atoms with Crippen molar-refractivity contribution in [1.29, 1.82) is 0 Å². The zero-order chi connectivity index (χ0) is 26.1. The summed E-state index contributed by atoms with van der Waals surface area (Å²) in [5, 5.41) is 15.0. The summed E-state index contributed by atoms with van der Waals surface area (Å²) in [6, 6.07) is 5.53. The number of ketones is 1. The molecular formula is C23H18Cl3N3O5S2. The summed E-state index contributed by atoms with van der Waals surface area (Å²) < 4.78 is 1.69. The van der Waals surface area contributed by atoms with Gasteiger partial charge in [-0.2, -0.15) is 0 Å². The molecule has 2 aliphatic rings. The topological polar surface area (TPSA) is 110 Å². The highest BCUT2D eigenvalue weighted by molar-refractivity contribution is 8.00. The Balaban J connectivity index is 1.43. The Kier molecular flexibility index (Phi) is 8.21. The van der Waals surface area contributed by atoms with Crippen molar-refractivity contribution in [2.75, 3.05) is 11.5 Å². The van der Waals surface area contributed by atoms with Crippen molar-refractivity contribution in [3.05, 3.63) is 68.6 Å². The number of pyridine rings is 1. The van der Waals surface area contributed by atoms with Crippen LogP contribution in [0, 0.1) is 0 Å². The fourth-order valence-electron chi connectivity index (χ4n) is 3.82. The quantitative estimate of drug-likeness (QED) is 0.166. The summed E-state index contributed by atoms with van der Waals surface area (Å²) in [6.07, 6.45) is 3.33. The maximum Gasteiger partial charge on any atom is 0.253 e. The Morgan fingerprint density at radius 3 is 2.64 bits per heavy atom. The molecule has 13 heteroatoms. The zero-order valence-electron chi connectivity index (χ0n) is 18.6. The highest BCUT2D eigenvalue weighted by Gasteiger charge is 2.53. The van der Waals surface area contributed by atoms with Crippen molar-refractivity contribution in [1.82, 2.24) is 10.2 Å². The van der Waals surface area contributed by atoms with Crippen molar-refractivity contribution < 1.29 is 28.9 Å². The molecule has 3 heterocycles. The van der Waals surface area contributed by atoms with Crippen LogP contribution in [0.1, 0.15) is 17.3 Å². The highest BCUT2D eigenvalue weighted by Crippen LogP contribution is 2.40. The summed E-state index contributed by atoms with van der Waals surface area (Å²) in [4.78, 5) is 50.7. The largest absolute Gasteiger partial charge is 0.543 e. The maximum absolute atomic E-state index is 12.9. The Bertz CT molecular complexity index is 1320. The van der Waals surface area contributed by atoms with Crippen LogP contribution in [0.25, 0.3) is 0 Å². The average molecular weight is 587 g/mol. The van der Waals surface area contributed by atoms with Crippen molar-refractivity contribution in [2.24, 2.45) is 0 Å². The molecule has 0 unspecified atom stereocenters. The normalized spacial score (nSPS) is 19.0. The molecule has 1 aromatic heterocycles. The zero-order valence-corrected chi connectivity index (χ0v) is 22.5. The van der Waals surface area contributed by atoms with Gasteiger partial charge in [0.05, 0.1) is 38.1 Å². The fourth-order valence-corrected chi connectivity index (χ4v) is 6.69. The smallest absolute Gasteiger partial charge is 0.253 e. The predicted molar refractivity (Wildman–Crippen MR) is 136 cm³/mol. The van der Waals surface area contributed by atoms with Gasteiger partial charge in [0, 0.05) is 22.3 Å². The molecule has 4 rings (SSSR count). The molecule has 2 aliphatic heterocycles. The number of β-lactam (4-membered cyclic amide) rings is 1. The van der Waals surface area contributed by atoms with E-state index in [4.69, 9.17) is 34.8 Å². The Hall–Kier alpha value is -2.24. The number of nitrogens with one attached hydrogen (secondary N) is 1. The molecule has 0 aliphatic carbocycles. The lowest BCUT2D eigenvalue weighted by Crippen LogP contribution is -2.71. The predicted octanol–water partition coefficient (Wildman–Crippen LogP) is 2.33. The molecule has 0 radical (unpaired) electrons. The number of carbonyl (C=O) groups excluding carboxylic acids is 4. The van der Waals surface area contributed by atoms with E-state index in [1.54, 1.807) is 35.2 Å². The molecule has 1 N–H and O–H groups in total. The van der Waals surface area contributed by atoms with Crippen LogP contribution in [-0.4, -0.2) is 51.4 Å². The monoisotopic (exact) mass is 585 g/mol. The standard InChI is InChI=1S/C23H18Cl3N3O5S2/c1-11(30)12-3-2-4-28(7-12)8-13-9-36-22-19(21(32)29(22)20(13)23(33)34)27-18(31)10-35-17-6-15(25)14(24)5-16(17)26/h2-7,19,22H,8-10H2,1H3,(H-,27,31,33,34)/t19-,22-/m1/s1. The van der Waals surface area contributed by atoms with E-state index in [0.29, 0.717) is 36.9 Å². The minimum absolute atomic E-state index is 0.0313. The number of fused-ring (bicyclic) bond motifs is 1. The first kappa shape index (κ1) is 26.8. The van der Waals surface area contributed by atoms with Crippen LogP contribution < -0.4 is 15.0 Å². The van der Waals surface area contributed by atoms with E-state index in [2.05, 4.69) is 5.32 Å². The molecule has 36 heavy (non-hydrogen) atoms. The number of rotatable bonds is 8. The van der Waals surface area contributed by atoms with Gasteiger partial charge in [-0.3, -0.25) is 19.3 Å². The fraction of sp³-hybridized carbons (Fsp3) is 0.261. The van der Waals surface area contributed by atoms with Crippen molar-refractivity contribution >= 4 is 81.9 Å². The van der Waals surface area contributed by atoms with E-state index < -0.39 is 29.2 Å². The van der Waals surface area contributed by atoms with Crippen LogP contribution in [-0.2, 0) is 20.9 Å². The molecule has 8 nitrogen and oxygen atoms in total. The molecular weight excluding hydrogens is 569 g/mol. The second kappa shape index (κ2) is 11.0. The molecule has 2 amide bonds. The maximum atomic E-state index is 12.9. The molecule has 2 atom stereocenters. The lowest BCUT2D eigenvalue weighted by Gasteiger charge is -2.50. The number of Topliss-reactive ketones (excluding diaryl/α,β-unsaturated/α-hetero) is 1. The Morgan fingerprint density at radius 1 is 1.22 bits per heavy atom. The first-order valence-corrected chi connectivity index (χ1v) is 13.7. The van der Waals surface area contributed by atoms with Gasteiger partial charge < -0.3 is 15.2 Å². The van der Waals surface area contributed by atoms with Gasteiger partial charge in [-0.15, -0.1) is 23.5 Å².